The van der Waals surface area contributed by atoms with Crippen molar-refractivity contribution in [3.05, 3.63) is 0 Å². The van der Waals surface area contributed by atoms with Gasteiger partial charge in [-0.15, -0.1) is 0 Å². The van der Waals surface area contributed by atoms with Crippen molar-refractivity contribution in [1.82, 2.24) is 5.43 Å². The number of amidine groups is 1. The van der Waals surface area contributed by atoms with Gasteiger partial charge in [0.15, 0.2) is 0 Å². The predicted molar refractivity (Wildman–Crippen MR) is 46.7 cm³/mol. The van der Waals surface area contributed by atoms with Crippen LogP contribution >= 0.6 is 0 Å². The third-order valence-corrected chi connectivity index (χ3v) is 1.24. The Balaban J connectivity index is 3.44. The van der Waals surface area contributed by atoms with Gasteiger partial charge < -0.3 is 10.2 Å². The van der Waals surface area contributed by atoms with Gasteiger partial charge >= 0.3 is 0 Å². The Morgan fingerprint density at radius 1 is 1.62 bits per heavy atom. The topological polar surface area (TPSA) is 59.6 Å². The van der Waals surface area contributed by atoms with Crippen LogP contribution in [0.25, 0.3) is 0 Å². The Kier molecular flexibility index (Phi) is 7.42. The van der Waals surface area contributed by atoms with Gasteiger partial charge in [0.25, 0.3) is 6.43 Å². The zero-order valence-electron chi connectivity index (χ0n) is 7.59. The molecule has 13 heavy (non-hydrogen) atoms. The highest BCUT2D eigenvalue weighted by atomic mass is 19.3. The molecule has 78 valence electrons. The molecule has 3 N–H and O–H groups in total. The van der Waals surface area contributed by atoms with Crippen molar-refractivity contribution >= 4 is 5.84 Å². The molecular formula is C7H15F2N3O. The van der Waals surface area contributed by atoms with Crippen molar-refractivity contribution in [2.75, 3.05) is 19.8 Å². The highest BCUT2D eigenvalue weighted by Gasteiger charge is 2.02. The average Bonchev–Trinajstić information content (AvgIpc) is 2.10. The van der Waals surface area contributed by atoms with Crippen LogP contribution < -0.4 is 11.3 Å². The maximum absolute atomic E-state index is 11.6. The summed E-state index contributed by atoms with van der Waals surface area (Å²) < 4.78 is 27.8. The smallest absolute Gasteiger partial charge is 0.261 e. The largest absolute Gasteiger partial charge is 0.375 e. The molecule has 0 fully saturated rings. The predicted octanol–water partition coefficient (Wildman–Crippen LogP) is 0.540. The van der Waals surface area contributed by atoms with Crippen LogP contribution in [0.4, 0.5) is 8.78 Å². The molecule has 0 saturated carbocycles. The molecule has 4 nitrogen and oxygen atoms in total. The number of hydrogen-bond acceptors (Lipinski definition) is 3. The summed E-state index contributed by atoms with van der Waals surface area (Å²) in [4.78, 5) is 3.97. The second-order valence-electron chi connectivity index (χ2n) is 2.28. The quantitative estimate of drug-likeness (QED) is 0.214. The van der Waals surface area contributed by atoms with Crippen LogP contribution in [0.2, 0.25) is 0 Å². The van der Waals surface area contributed by atoms with E-state index in [1.165, 1.54) is 0 Å². The van der Waals surface area contributed by atoms with Crippen molar-refractivity contribution < 1.29 is 13.5 Å². The molecule has 0 amide bonds. The summed E-state index contributed by atoms with van der Waals surface area (Å²) in [5.41, 5.74) is 2.37. The SMILES string of the molecule is CCN=C(CCOCC(F)F)NN. The van der Waals surface area contributed by atoms with E-state index in [0.717, 1.165) is 0 Å². The first-order chi connectivity index (χ1) is 6.20. The Hall–Kier alpha value is -0.750. The number of hydrogen-bond donors (Lipinski definition) is 2. The fourth-order valence-electron chi connectivity index (χ4n) is 0.729. The standard InChI is InChI=1S/C7H15F2N3O/c1-2-11-7(12-10)3-4-13-5-6(8)9/h6H,2-5,10H2,1H3,(H,11,12). The van der Waals surface area contributed by atoms with Gasteiger partial charge in [0.1, 0.15) is 12.4 Å². The van der Waals surface area contributed by atoms with Gasteiger partial charge in [0.05, 0.1) is 6.61 Å². The third kappa shape index (κ3) is 7.61. The summed E-state index contributed by atoms with van der Waals surface area (Å²) in [7, 11) is 0. The highest BCUT2D eigenvalue weighted by molar-refractivity contribution is 5.81. The Bertz CT molecular complexity index is 153. The minimum Gasteiger partial charge on any atom is -0.375 e. The molecule has 0 atom stereocenters. The fraction of sp³-hybridized carbons (Fsp3) is 0.857. The molecule has 0 aliphatic rings. The number of alkyl halides is 2. The van der Waals surface area contributed by atoms with Gasteiger partial charge in [-0.2, -0.15) is 0 Å². The molecule has 0 aliphatic carbocycles. The number of halogens is 2. The van der Waals surface area contributed by atoms with Crippen molar-refractivity contribution in [3.63, 3.8) is 0 Å². The minimum atomic E-state index is -2.42. The van der Waals surface area contributed by atoms with E-state index < -0.39 is 13.0 Å². The Morgan fingerprint density at radius 2 is 2.31 bits per heavy atom. The molecule has 0 radical (unpaired) electrons. The first kappa shape index (κ1) is 12.2. The van der Waals surface area contributed by atoms with Crippen LogP contribution in [0.1, 0.15) is 13.3 Å². The van der Waals surface area contributed by atoms with E-state index >= 15 is 0 Å². The number of nitrogens with zero attached hydrogens (tertiary/aromatic N) is 1. The van der Waals surface area contributed by atoms with E-state index in [4.69, 9.17) is 5.84 Å². The van der Waals surface area contributed by atoms with E-state index in [2.05, 4.69) is 15.2 Å². The van der Waals surface area contributed by atoms with Gasteiger partial charge in [0.2, 0.25) is 0 Å². The molecule has 0 rings (SSSR count). The molecule has 6 heteroatoms. The lowest BCUT2D eigenvalue weighted by Crippen LogP contribution is -2.31. The maximum Gasteiger partial charge on any atom is 0.261 e. The van der Waals surface area contributed by atoms with E-state index in [9.17, 15) is 8.78 Å². The number of rotatable bonds is 6. The number of ether oxygens (including phenoxy) is 1. The fourth-order valence-corrected chi connectivity index (χ4v) is 0.729. The summed E-state index contributed by atoms with van der Waals surface area (Å²) in [5.74, 6) is 5.68. The molecular weight excluding hydrogens is 180 g/mol. The van der Waals surface area contributed by atoms with Crippen LogP contribution in [0.3, 0.4) is 0 Å². The minimum absolute atomic E-state index is 0.202. The Labute approximate surface area is 76.1 Å². The number of hydrazine groups is 1. The second-order valence-corrected chi connectivity index (χ2v) is 2.28. The monoisotopic (exact) mass is 195 g/mol. The summed E-state index contributed by atoms with van der Waals surface area (Å²) in [6.07, 6.45) is -1.99. The average molecular weight is 195 g/mol. The van der Waals surface area contributed by atoms with E-state index in [0.29, 0.717) is 18.8 Å². The summed E-state index contributed by atoms with van der Waals surface area (Å²) in [5, 5.41) is 0. The van der Waals surface area contributed by atoms with E-state index in [1.54, 1.807) is 0 Å². The van der Waals surface area contributed by atoms with Gasteiger partial charge in [-0.3, -0.25) is 4.99 Å². The lowest BCUT2D eigenvalue weighted by atomic mass is 10.4. The van der Waals surface area contributed by atoms with Crippen LogP contribution in [0.15, 0.2) is 4.99 Å². The summed E-state index contributed by atoms with van der Waals surface area (Å²) in [6, 6.07) is 0. The summed E-state index contributed by atoms with van der Waals surface area (Å²) in [6.45, 7) is 2.13. The Morgan fingerprint density at radius 3 is 2.77 bits per heavy atom. The number of aliphatic imine (C=N–C) groups is 1. The van der Waals surface area contributed by atoms with Crippen molar-refractivity contribution in [3.8, 4) is 0 Å². The lowest BCUT2D eigenvalue weighted by Gasteiger charge is -2.05. The van der Waals surface area contributed by atoms with Crippen LogP contribution in [-0.4, -0.2) is 32.0 Å². The van der Waals surface area contributed by atoms with Crippen molar-refractivity contribution in [2.24, 2.45) is 10.8 Å². The third-order valence-electron chi connectivity index (χ3n) is 1.24. The normalized spacial score (nSPS) is 12.2. The molecule has 0 heterocycles. The summed E-state index contributed by atoms with van der Waals surface area (Å²) >= 11 is 0. The molecule has 0 bridgehead atoms. The van der Waals surface area contributed by atoms with Crippen LogP contribution in [0, 0.1) is 0 Å². The maximum atomic E-state index is 11.6. The first-order valence-corrected chi connectivity index (χ1v) is 4.06. The molecule has 0 aromatic heterocycles. The number of nitrogens with two attached hydrogens (primary N) is 1. The van der Waals surface area contributed by atoms with E-state index in [1.807, 2.05) is 6.92 Å². The van der Waals surface area contributed by atoms with Gasteiger partial charge in [-0.25, -0.2) is 14.6 Å². The van der Waals surface area contributed by atoms with Gasteiger partial charge in [-0.05, 0) is 6.92 Å². The van der Waals surface area contributed by atoms with Crippen molar-refractivity contribution in [2.45, 2.75) is 19.8 Å². The zero-order valence-corrected chi connectivity index (χ0v) is 7.59. The second kappa shape index (κ2) is 7.88. The molecule has 0 saturated heterocycles. The molecule has 0 aromatic rings. The molecule has 0 spiro atoms. The highest BCUT2D eigenvalue weighted by Crippen LogP contribution is 1.93. The zero-order chi connectivity index (χ0) is 10.1. The molecule has 0 aromatic carbocycles. The van der Waals surface area contributed by atoms with E-state index in [-0.39, 0.29) is 6.61 Å². The number of nitrogens with one attached hydrogen (secondary N) is 1. The van der Waals surface area contributed by atoms with Crippen LogP contribution in [-0.2, 0) is 4.74 Å². The lowest BCUT2D eigenvalue weighted by molar-refractivity contribution is 0.0200. The first-order valence-electron chi connectivity index (χ1n) is 4.06. The molecule has 0 unspecified atom stereocenters. The van der Waals surface area contributed by atoms with Gasteiger partial charge in [-0.1, -0.05) is 0 Å². The molecule has 0 aliphatic heterocycles. The van der Waals surface area contributed by atoms with Crippen molar-refractivity contribution in [1.29, 1.82) is 0 Å². The van der Waals surface area contributed by atoms with Gasteiger partial charge in [0, 0.05) is 13.0 Å². The van der Waals surface area contributed by atoms with Crippen LogP contribution in [0.5, 0.6) is 0 Å².